The molecule has 2 aromatic rings. The zero-order valence-electron chi connectivity index (χ0n) is 14.6. The molecule has 134 valence electrons. The molecule has 1 aliphatic rings. The normalized spacial score (nSPS) is 17.7. The standard InChI is InChI=1S/C19H24N2O3S/c1-14(20-19(22)15-5-7-16(23-2)8-6-15)18(17-4-3-13-25-17)21-9-11-24-12-10-21/h3-8,13-14,18H,9-12H2,1-2H3,(H,20,22). The van der Waals surface area contributed by atoms with E-state index in [0.717, 1.165) is 32.1 Å². The summed E-state index contributed by atoms with van der Waals surface area (Å²) in [7, 11) is 1.62. The zero-order chi connectivity index (χ0) is 17.6. The van der Waals surface area contributed by atoms with Gasteiger partial charge in [-0.2, -0.15) is 0 Å². The van der Waals surface area contributed by atoms with Gasteiger partial charge in [-0.3, -0.25) is 9.69 Å². The smallest absolute Gasteiger partial charge is 0.251 e. The highest BCUT2D eigenvalue weighted by Crippen LogP contribution is 2.29. The molecule has 2 heterocycles. The quantitative estimate of drug-likeness (QED) is 0.861. The van der Waals surface area contributed by atoms with Crippen LogP contribution in [-0.2, 0) is 4.74 Å². The Morgan fingerprint density at radius 1 is 1.24 bits per heavy atom. The highest BCUT2D eigenvalue weighted by molar-refractivity contribution is 7.10. The van der Waals surface area contributed by atoms with Crippen molar-refractivity contribution >= 4 is 17.2 Å². The van der Waals surface area contributed by atoms with E-state index in [2.05, 4.69) is 34.7 Å². The Balaban J connectivity index is 1.72. The molecule has 0 bridgehead atoms. The third-order valence-electron chi connectivity index (χ3n) is 4.46. The molecule has 1 aromatic carbocycles. The van der Waals surface area contributed by atoms with E-state index in [0.29, 0.717) is 5.56 Å². The first kappa shape index (κ1) is 17.9. The van der Waals surface area contributed by atoms with Crippen LogP contribution in [0.1, 0.15) is 28.2 Å². The van der Waals surface area contributed by atoms with Crippen molar-refractivity contribution in [1.82, 2.24) is 10.2 Å². The van der Waals surface area contributed by atoms with Crippen molar-refractivity contribution in [2.45, 2.75) is 19.0 Å². The molecule has 0 aliphatic carbocycles. The number of carbonyl (C=O) groups is 1. The molecule has 1 amide bonds. The largest absolute Gasteiger partial charge is 0.497 e. The van der Waals surface area contributed by atoms with Crippen LogP contribution in [0.3, 0.4) is 0 Å². The van der Waals surface area contributed by atoms with E-state index in [4.69, 9.17) is 9.47 Å². The van der Waals surface area contributed by atoms with Gasteiger partial charge in [0.05, 0.1) is 26.4 Å². The van der Waals surface area contributed by atoms with Gasteiger partial charge in [0.1, 0.15) is 5.75 Å². The number of nitrogens with zero attached hydrogens (tertiary/aromatic N) is 1. The average molecular weight is 360 g/mol. The molecule has 1 N–H and O–H groups in total. The second kappa shape index (κ2) is 8.47. The van der Waals surface area contributed by atoms with E-state index < -0.39 is 0 Å². The van der Waals surface area contributed by atoms with Crippen LogP contribution in [0.15, 0.2) is 41.8 Å². The molecule has 6 heteroatoms. The Morgan fingerprint density at radius 3 is 2.56 bits per heavy atom. The third-order valence-corrected chi connectivity index (χ3v) is 5.40. The molecule has 0 spiro atoms. The van der Waals surface area contributed by atoms with Crippen LogP contribution < -0.4 is 10.1 Å². The molecular formula is C19H24N2O3S. The van der Waals surface area contributed by atoms with Gasteiger partial charge in [0.25, 0.3) is 5.91 Å². The van der Waals surface area contributed by atoms with Crippen molar-refractivity contribution in [3.8, 4) is 5.75 Å². The fraction of sp³-hybridized carbons (Fsp3) is 0.421. The van der Waals surface area contributed by atoms with Crippen LogP contribution in [0, 0.1) is 0 Å². The second-order valence-electron chi connectivity index (χ2n) is 6.10. The summed E-state index contributed by atoms with van der Waals surface area (Å²) < 4.78 is 10.6. The Bertz CT molecular complexity index is 666. The molecule has 1 aromatic heterocycles. The van der Waals surface area contributed by atoms with Crippen molar-refractivity contribution in [3.63, 3.8) is 0 Å². The molecule has 1 saturated heterocycles. The maximum atomic E-state index is 12.6. The molecule has 0 radical (unpaired) electrons. The van der Waals surface area contributed by atoms with Crippen LogP contribution in [0.2, 0.25) is 0 Å². The molecule has 1 fully saturated rings. The van der Waals surface area contributed by atoms with Crippen molar-refractivity contribution in [2.24, 2.45) is 0 Å². The van der Waals surface area contributed by atoms with Crippen molar-refractivity contribution in [2.75, 3.05) is 33.4 Å². The maximum absolute atomic E-state index is 12.6. The van der Waals surface area contributed by atoms with Gasteiger partial charge in [0, 0.05) is 29.6 Å². The molecule has 2 unspecified atom stereocenters. The van der Waals surface area contributed by atoms with Crippen LogP contribution in [0.4, 0.5) is 0 Å². The Kier molecular flexibility index (Phi) is 6.07. The fourth-order valence-electron chi connectivity index (χ4n) is 3.17. The van der Waals surface area contributed by atoms with Crippen LogP contribution in [0.5, 0.6) is 5.75 Å². The van der Waals surface area contributed by atoms with Crippen molar-refractivity contribution < 1.29 is 14.3 Å². The van der Waals surface area contributed by atoms with E-state index in [1.807, 2.05) is 0 Å². The summed E-state index contributed by atoms with van der Waals surface area (Å²) in [4.78, 5) is 16.3. The van der Waals surface area contributed by atoms with Gasteiger partial charge < -0.3 is 14.8 Å². The van der Waals surface area contributed by atoms with Crippen LogP contribution >= 0.6 is 11.3 Å². The summed E-state index contributed by atoms with van der Waals surface area (Å²) in [5.41, 5.74) is 0.638. The minimum Gasteiger partial charge on any atom is -0.497 e. The minimum absolute atomic E-state index is 0.00801. The second-order valence-corrected chi connectivity index (χ2v) is 7.08. The lowest BCUT2D eigenvalue weighted by Gasteiger charge is -2.37. The van der Waals surface area contributed by atoms with Gasteiger partial charge in [-0.15, -0.1) is 11.3 Å². The molecule has 25 heavy (non-hydrogen) atoms. The Morgan fingerprint density at radius 2 is 1.96 bits per heavy atom. The highest BCUT2D eigenvalue weighted by atomic mass is 32.1. The van der Waals surface area contributed by atoms with Crippen molar-refractivity contribution in [1.29, 1.82) is 0 Å². The third kappa shape index (κ3) is 4.39. The summed E-state index contributed by atoms with van der Waals surface area (Å²) in [5, 5.41) is 5.25. The highest BCUT2D eigenvalue weighted by Gasteiger charge is 2.29. The summed E-state index contributed by atoms with van der Waals surface area (Å²) in [6.45, 7) is 5.31. The zero-order valence-corrected chi connectivity index (χ0v) is 15.4. The van der Waals surface area contributed by atoms with Crippen LogP contribution in [0.25, 0.3) is 0 Å². The first-order valence-electron chi connectivity index (χ1n) is 8.49. The topological polar surface area (TPSA) is 50.8 Å². The predicted octanol–water partition coefficient (Wildman–Crippen LogP) is 2.95. The van der Waals surface area contributed by atoms with E-state index in [-0.39, 0.29) is 18.0 Å². The monoisotopic (exact) mass is 360 g/mol. The lowest BCUT2D eigenvalue weighted by Crippen LogP contribution is -2.48. The van der Waals surface area contributed by atoms with E-state index in [1.54, 1.807) is 42.7 Å². The Labute approximate surface area is 152 Å². The first-order chi connectivity index (χ1) is 12.2. The van der Waals surface area contributed by atoms with E-state index in [1.165, 1.54) is 4.88 Å². The number of nitrogens with one attached hydrogen (secondary N) is 1. The Hall–Kier alpha value is -1.89. The molecule has 0 saturated carbocycles. The number of amides is 1. The summed E-state index contributed by atoms with van der Waals surface area (Å²) in [6.07, 6.45) is 0. The molecule has 5 nitrogen and oxygen atoms in total. The number of hydrogen-bond acceptors (Lipinski definition) is 5. The number of benzene rings is 1. The molecule has 2 atom stereocenters. The predicted molar refractivity (Wildman–Crippen MR) is 99.4 cm³/mol. The number of carbonyl (C=O) groups excluding carboxylic acids is 1. The summed E-state index contributed by atoms with van der Waals surface area (Å²) >= 11 is 1.73. The lowest BCUT2D eigenvalue weighted by molar-refractivity contribution is 0.00969. The molecular weight excluding hydrogens is 336 g/mol. The molecule has 1 aliphatic heterocycles. The van der Waals surface area contributed by atoms with Gasteiger partial charge in [0.15, 0.2) is 0 Å². The summed E-state index contributed by atoms with van der Waals surface area (Å²) in [5.74, 6) is 0.680. The molecule has 3 rings (SSSR count). The lowest BCUT2D eigenvalue weighted by atomic mass is 10.0. The maximum Gasteiger partial charge on any atom is 0.251 e. The van der Waals surface area contributed by atoms with Gasteiger partial charge in [-0.1, -0.05) is 6.07 Å². The average Bonchev–Trinajstić information content (AvgIpc) is 3.17. The van der Waals surface area contributed by atoms with Gasteiger partial charge in [-0.25, -0.2) is 0 Å². The van der Waals surface area contributed by atoms with E-state index in [9.17, 15) is 4.79 Å². The number of morpholine rings is 1. The minimum atomic E-state index is -0.0648. The van der Waals surface area contributed by atoms with Crippen molar-refractivity contribution in [3.05, 3.63) is 52.2 Å². The number of rotatable bonds is 6. The number of methoxy groups -OCH3 is 1. The first-order valence-corrected chi connectivity index (χ1v) is 9.37. The van der Waals surface area contributed by atoms with Gasteiger partial charge in [0.2, 0.25) is 0 Å². The SMILES string of the molecule is COc1ccc(C(=O)NC(C)C(c2cccs2)N2CCOCC2)cc1. The number of hydrogen-bond donors (Lipinski definition) is 1. The van der Waals surface area contributed by atoms with Crippen LogP contribution in [-0.4, -0.2) is 50.3 Å². The van der Waals surface area contributed by atoms with Gasteiger partial charge >= 0.3 is 0 Å². The van der Waals surface area contributed by atoms with E-state index >= 15 is 0 Å². The summed E-state index contributed by atoms with van der Waals surface area (Å²) in [6, 6.07) is 11.5. The number of thiophene rings is 1. The number of ether oxygens (including phenoxy) is 2. The fourth-order valence-corrected chi connectivity index (χ4v) is 4.13. The van der Waals surface area contributed by atoms with Gasteiger partial charge in [-0.05, 0) is 42.6 Å².